The number of H-pyrrole nitrogens is 1. The summed E-state index contributed by atoms with van der Waals surface area (Å²) in [6, 6.07) is 0. The topological polar surface area (TPSA) is 113 Å². The molecule has 144 valence electrons. The van der Waals surface area contributed by atoms with Crippen LogP contribution < -0.4 is 10.5 Å². The summed E-state index contributed by atoms with van der Waals surface area (Å²) >= 11 is 0. The summed E-state index contributed by atoms with van der Waals surface area (Å²) in [5.74, 6) is 0.665. The Morgan fingerprint density at radius 2 is 2.22 bits per heavy atom. The van der Waals surface area contributed by atoms with Crippen LogP contribution in [-0.2, 0) is 23.2 Å². The molecule has 4 rings (SSSR count). The Morgan fingerprint density at radius 1 is 1.37 bits per heavy atom. The standard InChI is InChI=1S/C17H24N8O2/c1-23(2)16-19-14-12(15(27)20-16)4-7-17(14)6-3-8-24(10-17)13(26)5-9-25-11-18-21-22-25/h11H,3-10H2,1-2H3,(H,19,20,27). The Morgan fingerprint density at radius 3 is 2.96 bits per heavy atom. The molecule has 1 fully saturated rings. The van der Waals surface area contributed by atoms with E-state index in [0.717, 1.165) is 43.5 Å². The number of nitrogens with zero attached hydrogens (tertiary/aromatic N) is 7. The molecule has 10 heteroatoms. The zero-order valence-electron chi connectivity index (χ0n) is 15.7. The summed E-state index contributed by atoms with van der Waals surface area (Å²) < 4.78 is 1.56. The van der Waals surface area contributed by atoms with E-state index in [1.165, 1.54) is 6.33 Å². The molecular formula is C17H24N8O2. The molecule has 2 aromatic rings. The number of amides is 1. The first-order valence-corrected chi connectivity index (χ1v) is 9.28. The van der Waals surface area contributed by atoms with Gasteiger partial charge in [-0.05, 0) is 36.1 Å². The normalized spacial score (nSPS) is 21.5. The maximum absolute atomic E-state index is 12.7. The molecule has 1 aliphatic heterocycles. The van der Waals surface area contributed by atoms with Crippen LogP contribution in [0.5, 0.6) is 0 Å². The van der Waals surface area contributed by atoms with E-state index in [1.54, 1.807) is 4.68 Å². The maximum atomic E-state index is 12.7. The third-order valence-corrected chi connectivity index (χ3v) is 5.66. The third-order valence-electron chi connectivity index (χ3n) is 5.66. The number of tetrazole rings is 1. The van der Waals surface area contributed by atoms with Gasteiger partial charge in [-0.25, -0.2) is 9.67 Å². The second kappa shape index (κ2) is 6.75. The molecule has 0 aromatic carbocycles. The number of aromatic amines is 1. The van der Waals surface area contributed by atoms with Gasteiger partial charge in [0.2, 0.25) is 11.9 Å². The fraction of sp³-hybridized carbons (Fsp3) is 0.647. The van der Waals surface area contributed by atoms with Crippen molar-refractivity contribution in [2.75, 3.05) is 32.1 Å². The predicted octanol–water partition coefficient (Wildman–Crippen LogP) is -0.281. The third kappa shape index (κ3) is 3.19. The van der Waals surface area contributed by atoms with Gasteiger partial charge in [0.15, 0.2) is 0 Å². The van der Waals surface area contributed by atoms with E-state index < -0.39 is 0 Å². The minimum Gasteiger partial charge on any atom is -0.348 e. The van der Waals surface area contributed by atoms with Crippen molar-refractivity contribution in [2.45, 2.75) is 44.1 Å². The molecule has 27 heavy (non-hydrogen) atoms. The summed E-state index contributed by atoms with van der Waals surface area (Å²) in [6.07, 6.45) is 5.34. The van der Waals surface area contributed by atoms with Crippen molar-refractivity contribution in [3.8, 4) is 0 Å². The number of likely N-dealkylation sites (tertiary alicyclic amines) is 1. The van der Waals surface area contributed by atoms with Gasteiger partial charge in [-0.2, -0.15) is 0 Å². The number of carbonyl (C=O) groups is 1. The average molecular weight is 372 g/mol. The second-order valence-corrected chi connectivity index (χ2v) is 7.63. The van der Waals surface area contributed by atoms with E-state index in [4.69, 9.17) is 4.98 Å². The number of carbonyl (C=O) groups excluding carboxylic acids is 1. The first kappa shape index (κ1) is 17.6. The summed E-state index contributed by atoms with van der Waals surface area (Å²) in [5, 5.41) is 11.0. The Balaban J connectivity index is 1.55. The molecule has 1 atom stereocenters. The zero-order valence-corrected chi connectivity index (χ0v) is 15.7. The highest BCUT2D eigenvalue weighted by Crippen LogP contribution is 2.43. The number of hydrogen-bond donors (Lipinski definition) is 1. The van der Waals surface area contributed by atoms with E-state index in [1.807, 2.05) is 23.9 Å². The van der Waals surface area contributed by atoms with Gasteiger partial charge in [0.25, 0.3) is 5.56 Å². The Kier molecular flexibility index (Phi) is 4.40. The number of hydrogen-bond acceptors (Lipinski definition) is 7. The number of anilines is 1. The van der Waals surface area contributed by atoms with Crippen molar-refractivity contribution < 1.29 is 4.79 Å². The molecule has 3 heterocycles. The summed E-state index contributed by atoms with van der Waals surface area (Å²) in [5.41, 5.74) is 1.40. The molecule has 0 radical (unpaired) electrons. The van der Waals surface area contributed by atoms with Gasteiger partial charge < -0.3 is 9.80 Å². The van der Waals surface area contributed by atoms with Crippen LogP contribution in [0.25, 0.3) is 0 Å². The number of fused-ring (bicyclic) bond motifs is 2. The van der Waals surface area contributed by atoms with Crippen LogP contribution in [0.4, 0.5) is 5.95 Å². The molecule has 1 N–H and O–H groups in total. The minimum absolute atomic E-state index is 0.0530. The maximum Gasteiger partial charge on any atom is 0.255 e. The molecule has 1 amide bonds. The van der Waals surface area contributed by atoms with Crippen molar-refractivity contribution in [2.24, 2.45) is 0 Å². The first-order valence-electron chi connectivity index (χ1n) is 9.28. The van der Waals surface area contributed by atoms with Crippen LogP contribution in [0.1, 0.15) is 36.9 Å². The Labute approximate surface area is 156 Å². The number of rotatable bonds is 4. The van der Waals surface area contributed by atoms with Crippen molar-refractivity contribution >= 4 is 11.9 Å². The van der Waals surface area contributed by atoms with Crippen molar-refractivity contribution in [3.05, 3.63) is 27.9 Å². The van der Waals surface area contributed by atoms with Crippen LogP contribution >= 0.6 is 0 Å². The van der Waals surface area contributed by atoms with Crippen LogP contribution in [0.2, 0.25) is 0 Å². The minimum atomic E-state index is -0.211. The fourth-order valence-electron chi connectivity index (χ4n) is 4.24. The Hall–Kier alpha value is -2.78. The molecule has 2 aromatic heterocycles. The predicted molar refractivity (Wildman–Crippen MR) is 97.4 cm³/mol. The number of nitrogens with one attached hydrogen (secondary N) is 1. The van der Waals surface area contributed by atoms with Crippen molar-refractivity contribution in [3.63, 3.8) is 0 Å². The average Bonchev–Trinajstić information content (AvgIpc) is 3.29. The molecule has 1 aliphatic carbocycles. The smallest absolute Gasteiger partial charge is 0.255 e. The molecule has 1 unspecified atom stereocenters. The quantitative estimate of drug-likeness (QED) is 0.785. The van der Waals surface area contributed by atoms with Gasteiger partial charge in [-0.1, -0.05) is 0 Å². The van der Waals surface area contributed by atoms with Gasteiger partial charge in [0.05, 0.1) is 12.2 Å². The molecule has 10 nitrogen and oxygen atoms in total. The van der Waals surface area contributed by atoms with Gasteiger partial charge in [0.1, 0.15) is 6.33 Å². The molecule has 0 bridgehead atoms. The number of aryl methyl sites for hydroxylation is 1. The second-order valence-electron chi connectivity index (χ2n) is 7.63. The SMILES string of the molecule is CN(C)c1nc2c(c(=O)[nH]1)CCC21CCCN(C(=O)CCn2cnnn2)C1. The lowest BCUT2D eigenvalue weighted by Crippen LogP contribution is -2.48. The van der Waals surface area contributed by atoms with Gasteiger partial charge in [0, 0.05) is 44.6 Å². The van der Waals surface area contributed by atoms with Crippen molar-refractivity contribution in [1.82, 2.24) is 35.1 Å². The zero-order chi connectivity index (χ0) is 19.0. The van der Waals surface area contributed by atoms with Crippen LogP contribution in [-0.4, -0.2) is 68.2 Å². The molecule has 1 saturated heterocycles. The fourth-order valence-corrected chi connectivity index (χ4v) is 4.24. The van der Waals surface area contributed by atoms with Crippen LogP contribution in [0.15, 0.2) is 11.1 Å². The number of aromatic nitrogens is 6. The van der Waals surface area contributed by atoms with E-state index in [-0.39, 0.29) is 16.9 Å². The molecule has 2 aliphatic rings. The summed E-state index contributed by atoms with van der Waals surface area (Å²) in [4.78, 5) is 36.6. The lowest BCUT2D eigenvalue weighted by molar-refractivity contribution is -0.133. The largest absolute Gasteiger partial charge is 0.348 e. The highest BCUT2D eigenvalue weighted by Gasteiger charge is 2.45. The molecular weight excluding hydrogens is 348 g/mol. The highest BCUT2D eigenvalue weighted by atomic mass is 16.2. The highest BCUT2D eigenvalue weighted by molar-refractivity contribution is 5.76. The van der Waals surface area contributed by atoms with Gasteiger partial charge in [-0.3, -0.25) is 14.6 Å². The van der Waals surface area contributed by atoms with Crippen LogP contribution in [0.3, 0.4) is 0 Å². The molecule has 0 saturated carbocycles. The van der Waals surface area contributed by atoms with E-state index in [9.17, 15) is 9.59 Å². The lowest BCUT2D eigenvalue weighted by atomic mass is 9.77. The monoisotopic (exact) mass is 372 g/mol. The van der Waals surface area contributed by atoms with Gasteiger partial charge >= 0.3 is 0 Å². The van der Waals surface area contributed by atoms with Gasteiger partial charge in [-0.15, -0.1) is 5.10 Å². The summed E-state index contributed by atoms with van der Waals surface area (Å²) in [6.45, 7) is 1.83. The van der Waals surface area contributed by atoms with E-state index in [2.05, 4.69) is 20.5 Å². The lowest BCUT2D eigenvalue weighted by Gasteiger charge is -2.40. The van der Waals surface area contributed by atoms with Crippen molar-refractivity contribution in [1.29, 1.82) is 0 Å². The molecule has 1 spiro atoms. The Bertz CT molecular complexity index is 891. The number of piperidine rings is 1. The first-order chi connectivity index (χ1) is 13.0. The van der Waals surface area contributed by atoms with Crippen LogP contribution in [0, 0.1) is 0 Å². The van der Waals surface area contributed by atoms with E-state index in [0.29, 0.717) is 25.5 Å². The van der Waals surface area contributed by atoms with E-state index >= 15 is 0 Å². The summed E-state index contributed by atoms with van der Waals surface area (Å²) in [7, 11) is 3.73.